The molecule has 0 atom stereocenters. The van der Waals surface area contributed by atoms with Gasteiger partial charge >= 0.3 is 6.36 Å². The second-order valence-electron chi connectivity index (χ2n) is 3.98. The number of hydrogen-bond acceptors (Lipinski definition) is 2. The summed E-state index contributed by atoms with van der Waals surface area (Å²) in [5.41, 5.74) is 2.86. The Morgan fingerprint density at radius 3 is 2.11 bits per heavy atom. The third-order valence-corrected chi connectivity index (χ3v) is 2.65. The molecule has 0 saturated carbocycles. The van der Waals surface area contributed by atoms with Crippen molar-refractivity contribution in [3.05, 3.63) is 48.2 Å². The Kier molecular flexibility index (Phi) is 3.74. The quantitative estimate of drug-likeness (QED) is 0.831. The number of aromatic nitrogens is 1. The standard InChI is InChI=1S/C14H12F3NO/c1-2-10-3-5-11(6-4-10)12-7-8-13(18-9-12)19-14(15,16)17/h3-9H,2H2,1H3. The SMILES string of the molecule is CCc1ccc(-c2ccc(OC(F)(F)F)nc2)cc1. The summed E-state index contributed by atoms with van der Waals surface area (Å²) in [5.74, 6) is -0.457. The number of aryl methyl sites for hydroxylation is 1. The van der Waals surface area contributed by atoms with Crippen LogP contribution in [0.25, 0.3) is 11.1 Å². The van der Waals surface area contributed by atoms with Crippen molar-refractivity contribution in [1.82, 2.24) is 4.98 Å². The molecule has 0 amide bonds. The molecule has 100 valence electrons. The van der Waals surface area contributed by atoms with E-state index in [0.717, 1.165) is 17.5 Å². The summed E-state index contributed by atoms with van der Waals surface area (Å²) in [7, 11) is 0. The van der Waals surface area contributed by atoms with E-state index in [4.69, 9.17) is 0 Å². The minimum absolute atomic E-state index is 0.457. The lowest BCUT2D eigenvalue weighted by Gasteiger charge is -2.08. The summed E-state index contributed by atoms with van der Waals surface area (Å²) < 4.78 is 39.7. The summed E-state index contributed by atoms with van der Waals surface area (Å²) in [6, 6.07) is 10.6. The number of nitrogens with zero attached hydrogens (tertiary/aromatic N) is 1. The number of pyridine rings is 1. The second-order valence-corrected chi connectivity index (χ2v) is 3.98. The zero-order chi connectivity index (χ0) is 13.9. The van der Waals surface area contributed by atoms with Crippen LogP contribution < -0.4 is 4.74 Å². The third kappa shape index (κ3) is 3.71. The van der Waals surface area contributed by atoms with Crippen LogP contribution in [0.5, 0.6) is 5.88 Å². The first-order chi connectivity index (χ1) is 8.98. The maximum absolute atomic E-state index is 12.0. The van der Waals surface area contributed by atoms with Gasteiger partial charge in [-0.1, -0.05) is 31.2 Å². The molecule has 2 nitrogen and oxygen atoms in total. The van der Waals surface area contributed by atoms with Gasteiger partial charge in [-0.15, -0.1) is 13.2 Å². The number of benzene rings is 1. The van der Waals surface area contributed by atoms with Gasteiger partial charge in [-0.2, -0.15) is 0 Å². The van der Waals surface area contributed by atoms with Gasteiger partial charge in [-0.3, -0.25) is 0 Å². The first-order valence-corrected chi connectivity index (χ1v) is 5.79. The molecule has 2 aromatic rings. The fourth-order valence-corrected chi connectivity index (χ4v) is 1.66. The first kappa shape index (κ1) is 13.4. The molecule has 5 heteroatoms. The molecule has 0 unspecified atom stereocenters. The van der Waals surface area contributed by atoms with E-state index < -0.39 is 12.2 Å². The number of rotatable bonds is 3. The van der Waals surface area contributed by atoms with E-state index in [-0.39, 0.29) is 0 Å². The van der Waals surface area contributed by atoms with Crippen molar-refractivity contribution in [3.63, 3.8) is 0 Å². The van der Waals surface area contributed by atoms with E-state index in [1.54, 1.807) is 6.07 Å². The Morgan fingerprint density at radius 2 is 1.63 bits per heavy atom. The van der Waals surface area contributed by atoms with Gasteiger partial charge in [0.25, 0.3) is 0 Å². The molecular formula is C14H12F3NO. The van der Waals surface area contributed by atoms with Gasteiger partial charge in [0.15, 0.2) is 0 Å². The van der Waals surface area contributed by atoms with E-state index >= 15 is 0 Å². The molecule has 0 N–H and O–H groups in total. The Hall–Kier alpha value is -2.04. The largest absolute Gasteiger partial charge is 0.574 e. The summed E-state index contributed by atoms with van der Waals surface area (Å²) in [6.45, 7) is 2.06. The van der Waals surface area contributed by atoms with Crippen LogP contribution in [0.1, 0.15) is 12.5 Å². The highest BCUT2D eigenvalue weighted by Gasteiger charge is 2.31. The van der Waals surface area contributed by atoms with Crippen molar-refractivity contribution in [2.45, 2.75) is 19.7 Å². The van der Waals surface area contributed by atoms with Crippen LogP contribution >= 0.6 is 0 Å². The number of hydrogen-bond donors (Lipinski definition) is 0. The van der Waals surface area contributed by atoms with Crippen LogP contribution in [0.2, 0.25) is 0 Å². The van der Waals surface area contributed by atoms with Gasteiger partial charge < -0.3 is 4.74 Å². The van der Waals surface area contributed by atoms with Crippen molar-refractivity contribution in [2.75, 3.05) is 0 Å². The second kappa shape index (κ2) is 5.30. The van der Waals surface area contributed by atoms with Crippen molar-refractivity contribution < 1.29 is 17.9 Å². The van der Waals surface area contributed by atoms with Crippen molar-refractivity contribution in [1.29, 1.82) is 0 Å². The molecule has 0 aliphatic carbocycles. The van der Waals surface area contributed by atoms with Crippen LogP contribution in [-0.4, -0.2) is 11.3 Å². The molecule has 1 aromatic heterocycles. The van der Waals surface area contributed by atoms with Crippen LogP contribution in [-0.2, 0) is 6.42 Å². The molecule has 0 radical (unpaired) electrons. The van der Waals surface area contributed by atoms with E-state index in [1.807, 2.05) is 24.3 Å². The van der Waals surface area contributed by atoms with Crippen LogP contribution in [0.4, 0.5) is 13.2 Å². The van der Waals surface area contributed by atoms with Crippen molar-refractivity contribution in [2.24, 2.45) is 0 Å². The molecule has 0 fully saturated rings. The first-order valence-electron chi connectivity index (χ1n) is 5.79. The monoisotopic (exact) mass is 267 g/mol. The fraction of sp³-hybridized carbons (Fsp3) is 0.214. The minimum Gasteiger partial charge on any atom is -0.388 e. The summed E-state index contributed by atoms with van der Waals surface area (Å²) >= 11 is 0. The normalized spacial score (nSPS) is 11.4. The molecule has 0 aliphatic heterocycles. The summed E-state index contributed by atoms with van der Waals surface area (Å²) in [4.78, 5) is 3.64. The molecule has 2 rings (SSSR count). The van der Waals surface area contributed by atoms with Gasteiger partial charge in [0, 0.05) is 17.8 Å². The van der Waals surface area contributed by atoms with Gasteiger partial charge in [-0.05, 0) is 23.6 Å². The van der Waals surface area contributed by atoms with Gasteiger partial charge in [0.2, 0.25) is 5.88 Å². The zero-order valence-electron chi connectivity index (χ0n) is 10.2. The minimum atomic E-state index is -4.71. The molecule has 0 bridgehead atoms. The lowest BCUT2D eigenvalue weighted by atomic mass is 10.0. The van der Waals surface area contributed by atoms with Crippen molar-refractivity contribution in [3.8, 4) is 17.0 Å². The van der Waals surface area contributed by atoms with Crippen LogP contribution in [0.3, 0.4) is 0 Å². The molecule has 1 heterocycles. The molecule has 0 spiro atoms. The van der Waals surface area contributed by atoms with Gasteiger partial charge in [-0.25, -0.2) is 4.98 Å². The Morgan fingerprint density at radius 1 is 1.00 bits per heavy atom. The highest BCUT2D eigenvalue weighted by atomic mass is 19.4. The number of alkyl halides is 3. The Balaban J connectivity index is 2.17. The lowest BCUT2D eigenvalue weighted by Crippen LogP contribution is -2.17. The molecule has 0 saturated heterocycles. The van der Waals surface area contributed by atoms with E-state index in [2.05, 4.69) is 16.6 Å². The van der Waals surface area contributed by atoms with E-state index in [9.17, 15) is 13.2 Å². The predicted octanol–water partition coefficient (Wildman–Crippen LogP) is 4.21. The smallest absolute Gasteiger partial charge is 0.388 e. The van der Waals surface area contributed by atoms with Crippen LogP contribution in [0, 0.1) is 0 Å². The highest BCUT2D eigenvalue weighted by molar-refractivity contribution is 5.62. The third-order valence-electron chi connectivity index (χ3n) is 2.65. The van der Waals surface area contributed by atoms with E-state index in [0.29, 0.717) is 0 Å². The summed E-state index contributed by atoms with van der Waals surface area (Å²) in [6.07, 6.45) is -2.41. The average Bonchev–Trinajstić information content (AvgIpc) is 2.38. The van der Waals surface area contributed by atoms with Crippen molar-refractivity contribution >= 4 is 0 Å². The highest BCUT2D eigenvalue weighted by Crippen LogP contribution is 2.24. The number of halogens is 3. The maximum Gasteiger partial charge on any atom is 0.574 e. The van der Waals surface area contributed by atoms with Gasteiger partial charge in [0.1, 0.15) is 0 Å². The predicted molar refractivity (Wildman–Crippen MR) is 65.7 cm³/mol. The molecule has 0 aliphatic rings. The Bertz CT molecular complexity index is 532. The topological polar surface area (TPSA) is 22.1 Å². The molecule has 19 heavy (non-hydrogen) atoms. The molecule has 1 aromatic carbocycles. The maximum atomic E-state index is 12.0. The van der Waals surface area contributed by atoms with E-state index in [1.165, 1.54) is 17.8 Å². The fourth-order valence-electron chi connectivity index (χ4n) is 1.66. The lowest BCUT2D eigenvalue weighted by molar-refractivity contribution is -0.276. The Labute approximate surface area is 108 Å². The zero-order valence-corrected chi connectivity index (χ0v) is 10.2. The molecular weight excluding hydrogens is 255 g/mol. The summed E-state index contributed by atoms with van der Waals surface area (Å²) in [5, 5.41) is 0. The van der Waals surface area contributed by atoms with Crippen LogP contribution in [0.15, 0.2) is 42.6 Å². The average molecular weight is 267 g/mol. The number of ether oxygens (including phenoxy) is 1. The van der Waals surface area contributed by atoms with Gasteiger partial charge in [0.05, 0.1) is 0 Å².